The Kier molecular flexibility index (Phi) is 5.77. The molecular formula is C24H28N2O2. The van der Waals surface area contributed by atoms with E-state index in [1.54, 1.807) is 11.6 Å². The average Bonchev–Trinajstić information content (AvgIpc) is 2.73. The van der Waals surface area contributed by atoms with Crippen molar-refractivity contribution in [3.63, 3.8) is 0 Å². The highest BCUT2D eigenvalue weighted by Crippen LogP contribution is 2.25. The van der Waals surface area contributed by atoms with E-state index >= 15 is 0 Å². The second kappa shape index (κ2) is 8.61. The van der Waals surface area contributed by atoms with E-state index in [0.29, 0.717) is 18.0 Å². The molecule has 0 atom stereocenters. The highest BCUT2D eigenvalue weighted by atomic mass is 16.5. The molecule has 3 aromatic rings. The number of hydrogen-bond acceptors (Lipinski definition) is 4. The van der Waals surface area contributed by atoms with Crippen molar-refractivity contribution in [1.29, 1.82) is 0 Å². The minimum Gasteiger partial charge on any atom is -0.506 e. The number of benzene rings is 2. The molecule has 0 bridgehead atoms. The van der Waals surface area contributed by atoms with E-state index in [2.05, 4.69) is 35.0 Å². The molecule has 0 spiro atoms. The second-order valence-corrected chi connectivity index (χ2v) is 7.49. The number of phenolic OH excluding ortho intramolecular Hbond substituents is 1. The summed E-state index contributed by atoms with van der Waals surface area (Å²) in [5.74, 6) is 0.771. The van der Waals surface area contributed by atoms with Gasteiger partial charge in [-0.05, 0) is 61.1 Å². The molecule has 0 fully saturated rings. The number of hydrogen-bond donors (Lipinski definition) is 1. The van der Waals surface area contributed by atoms with Crippen LogP contribution in [-0.2, 0) is 19.4 Å². The molecule has 0 radical (unpaired) electrons. The molecule has 0 aliphatic carbocycles. The smallest absolute Gasteiger partial charge is 0.213 e. The molecule has 146 valence electrons. The van der Waals surface area contributed by atoms with Crippen LogP contribution in [0.15, 0.2) is 48.5 Å². The first kappa shape index (κ1) is 18.8. The average molecular weight is 377 g/mol. The number of para-hydroxylation sites is 1. The molecule has 28 heavy (non-hydrogen) atoms. The molecule has 4 heteroatoms. The number of ether oxygens (including phenoxy) is 1. The lowest BCUT2D eigenvalue weighted by molar-refractivity contribution is 0.233. The maximum Gasteiger partial charge on any atom is 0.213 e. The first-order valence-electron chi connectivity index (χ1n) is 10.3. The predicted octanol–water partition coefficient (Wildman–Crippen LogP) is 4.72. The van der Waals surface area contributed by atoms with Crippen molar-refractivity contribution in [1.82, 2.24) is 9.88 Å². The summed E-state index contributed by atoms with van der Waals surface area (Å²) in [6.45, 7) is 6.21. The third-order valence-electron chi connectivity index (χ3n) is 5.61. The van der Waals surface area contributed by atoms with Crippen molar-refractivity contribution >= 4 is 10.9 Å². The molecular weight excluding hydrogens is 348 g/mol. The first-order chi connectivity index (χ1) is 13.7. The third-order valence-corrected chi connectivity index (χ3v) is 5.61. The Morgan fingerprint density at radius 2 is 1.96 bits per heavy atom. The van der Waals surface area contributed by atoms with Gasteiger partial charge < -0.3 is 9.84 Å². The van der Waals surface area contributed by atoms with Gasteiger partial charge in [0.1, 0.15) is 11.3 Å². The van der Waals surface area contributed by atoms with Gasteiger partial charge in [0.15, 0.2) is 0 Å². The molecule has 4 nitrogen and oxygen atoms in total. The van der Waals surface area contributed by atoms with Gasteiger partial charge in [0.25, 0.3) is 0 Å². The van der Waals surface area contributed by atoms with Crippen molar-refractivity contribution in [3.8, 4) is 11.6 Å². The molecule has 0 amide bonds. The molecule has 1 N–H and O–H groups in total. The predicted molar refractivity (Wildman–Crippen MR) is 113 cm³/mol. The van der Waals surface area contributed by atoms with E-state index in [-0.39, 0.29) is 5.75 Å². The Hall–Kier alpha value is -2.59. The van der Waals surface area contributed by atoms with Crippen LogP contribution in [0.2, 0.25) is 0 Å². The summed E-state index contributed by atoms with van der Waals surface area (Å²) in [5, 5.41) is 10.8. The van der Waals surface area contributed by atoms with Gasteiger partial charge in [-0.2, -0.15) is 0 Å². The highest BCUT2D eigenvalue weighted by molar-refractivity contribution is 5.84. The van der Waals surface area contributed by atoms with Crippen LogP contribution in [0.3, 0.4) is 0 Å². The van der Waals surface area contributed by atoms with Gasteiger partial charge in [0, 0.05) is 24.5 Å². The second-order valence-electron chi connectivity index (χ2n) is 7.49. The standard InChI is InChI=1S/C24H28N2O2/c1-2-18-7-5-9-20-17-26(15-13-21(18)20)14-3-4-16-28-23-12-11-19-8-6-10-22(27)24(19)25-23/h5-12,27H,2-4,13-17H2,1H3. The Morgan fingerprint density at radius 1 is 1.07 bits per heavy atom. The first-order valence-corrected chi connectivity index (χ1v) is 10.3. The van der Waals surface area contributed by atoms with Crippen LogP contribution in [0.4, 0.5) is 0 Å². The van der Waals surface area contributed by atoms with E-state index < -0.39 is 0 Å². The Balaban J connectivity index is 1.24. The van der Waals surface area contributed by atoms with Crippen LogP contribution in [-0.4, -0.2) is 34.7 Å². The molecule has 4 rings (SSSR count). The monoisotopic (exact) mass is 376 g/mol. The number of pyridine rings is 1. The largest absolute Gasteiger partial charge is 0.506 e. The Bertz CT molecular complexity index is 954. The topological polar surface area (TPSA) is 45.6 Å². The summed E-state index contributed by atoms with van der Waals surface area (Å²) in [6.07, 6.45) is 4.40. The molecule has 1 aromatic heterocycles. The summed E-state index contributed by atoms with van der Waals surface area (Å²) in [7, 11) is 0. The van der Waals surface area contributed by atoms with Crippen molar-refractivity contribution in [2.75, 3.05) is 19.7 Å². The van der Waals surface area contributed by atoms with E-state index in [1.807, 2.05) is 24.3 Å². The maximum absolute atomic E-state index is 9.93. The van der Waals surface area contributed by atoms with Crippen LogP contribution in [0.1, 0.15) is 36.5 Å². The molecule has 0 saturated heterocycles. The van der Waals surface area contributed by atoms with E-state index in [4.69, 9.17) is 4.74 Å². The van der Waals surface area contributed by atoms with E-state index in [0.717, 1.165) is 44.3 Å². The zero-order chi connectivity index (χ0) is 19.3. The molecule has 2 heterocycles. The lowest BCUT2D eigenvalue weighted by Gasteiger charge is -2.30. The summed E-state index contributed by atoms with van der Waals surface area (Å²) in [6, 6.07) is 16.0. The summed E-state index contributed by atoms with van der Waals surface area (Å²) < 4.78 is 5.80. The number of aryl methyl sites for hydroxylation is 1. The lowest BCUT2D eigenvalue weighted by atomic mass is 9.93. The fraction of sp³-hybridized carbons (Fsp3) is 0.375. The quantitative estimate of drug-likeness (QED) is 0.606. The van der Waals surface area contributed by atoms with Gasteiger partial charge in [-0.3, -0.25) is 4.90 Å². The molecule has 1 aliphatic rings. The number of rotatable bonds is 7. The van der Waals surface area contributed by atoms with Crippen LogP contribution in [0.25, 0.3) is 10.9 Å². The van der Waals surface area contributed by atoms with Gasteiger partial charge in [0.2, 0.25) is 5.88 Å². The number of aromatic nitrogens is 1. The lowest BCUT2D eigenvalue weighted by Crippen LogP contribution is -2.32. The normalized spacial score (nSPS) is 14.2. The highest BCUT2D eigenvalue weighted by Gasteiger charge is 2.17. The van der Waals surface area contributed by atoms with E-state index in [1.165, 1.54) is 17.5 Å². The van der Waals surface area contributed by atoms with Gasteiger partial charge in [-0.25, -0.2) is 4.98 Å². The minimum absolute atomic E-state index is 0.194. The van der Waals surface area contributed by atoms with Crippen molar-refractivity contribution in [2.24, 2.45) is 0 Å². The summed E-state index contributed by atoms with van der Waals surface area (Å²) in [5.41, 5.74) is 5.19. The third kappa shape index (κ3) is 4.12. The van der Waals surface area contributed by atoms with Gasteiger partial charge >= 0.3 is 0 Å². The zero-order valence-electron chi connectivity index (χ0n) is 16.5. The van der Waals surface area contributed by atoms with Crippen LogP contribution in [0, 0.1) is 0 Å². The SMILES string of the molecule is CCc1cccc2c1CCN(CCCCOc1ccc3cccc(O)c3n1)C2. The fourth-order valence-electron chi connectivity index (χ4n) is 4.08. The number of nitrogens with zero attached hydrogens (tertiary/aromatic N) is 2. The van der Waals surface area contributed by atoms with Gasteiger partial charge in [0.05, 0.1) is 6.61 Å². The van der Waals surface area contributed by atoms with Crippen molar-refractivity contribution in [2.45, 2.75) is 39.2 Å². The number of fused-ring (bicyclic) bond motifs is 2. The maximum atomic E-state index is 9.93. The summed E-state index contributed by atoms with van der Waals surface area (Å²) in [4.78, 5) is 6.97. The Labute approximate surface area is 166 Å². The molecule has 0 unspecified atom stereocenters. The van der Waals surface area contributed by atoms with Crippen molar-refractivity contribution < 1.29 is 9.84 Å². The number of phenols is 1. The summed E-state index contributed by atoms with van der Waals surface area (Å²) >= 11 is 0. The molecule has 1 aliphatic heterocycles. The Morgan fingerprint density at radius 3 is 2.86 bits per heavy atom. The zero-order valence-corrected chi connectivity index (χ0v) is 16.5. The van der Waals surface area contributed by atoms with Crippen LogP contribution in [0.5, 0.6) is 11.6 Å². The molecule has 0 saturated carbocycles. The molecule has 2 aromatic carbocycles. The van der Waals surface area contributed by atoms with Gasteiger partial charge in [-0.1, -0.05) is 37.3 Å². The van der Waals surface area contributed by atoms with Crippen LogP contribution < -0.4 is 4.74 Å². The van der Waals surface area contributed by atoms with Gasteiger partial charge in [-0.15, -0.1) is 0 Å². The van der Waals surface area contributed by atoms with Crippen LogP contribution >= 0.6 is 0 Å². The van der Waals surface area contributed by atoms with Crippen molar-refractivity contribution in [3.05, 3.63) is 65.2 Å². The number of aromatic hydroxyl groups is 1. The fourth-order valence-corrected chi connectivity index (χ4v) is 4.08. The van der Waals surface area contributed by atoms with E-state index in [9.17, 15) is 5.11 Å². The minimum atomic E-state index is 0.194. The number of unbranched alkanes of at least 4 members (excludes halogenated alkanes) is 1.